The minimum atomic E-state index is 0.178. The van der Waals surface area contributed by atoms with Crippen LogP contribution in [-0.2, 0) is 4.79 Å². The molecule has 0 unspecified atom stereocenters. The normalized spacial score (nSPS) is 15.0. The summed E-state index contributed by atoms with van der Waals surface area (Å²) in [6.07, 6.45) is 4.01. The van der Waals surface area contributed by atoms with Crippen LogP contribution >= 0.6 is 0 Å². The largest absolute Gasteiger partial charge is 0.497 e. The van der Waals surface area contributed by atoms with Crippen molar-refractivity contribution in [2.24, 2.45) is 16.6 Å². The predicted octanol–water partition coefficient (Wildman–Crippen LogP) is 1.73. The van der Waals surface area contributed by atoms with Crippen molar-refractivity contribution >= 4 is 17.6 Å². The van der Waals surface area contributed by atoms with Crippen LogP contribution in [0.25, 0.3) is 0 Å². The number of rotatable bonds is 7. The number of hydrogen-bond acceptors (Lipinski definition) is 3. The monoisotopic (exact) mass is 304 g/mol. The van der Waals surface area contributed by atoms with Crippen LogP contribution in [0.3, 0.4) is 0 Å². The average Bonchev–Trinajstić information content (AvgIpc) is 2.45. The highest BCUT2D eigenvalue weighted by Crippen LogP contribution is 2.26. The Balaban J connectivity index is 1.65. The summed E-state index contributed by atoms with van der Waals surface area (Å²) in [5.74, 6) is 1.54. The zero-order chi connectivity index (χ0) is 15.8. The first-order valence-corrected chi connectivity index (χ1v) is 7.68. The molecule has 1 saturated carbocycles. The van der Waals surface area contributed by atoms with Gasteiger partial charge in [0.25, 0.3) is 0 Å². The molecular formula is C16H24N4O2. The fourth-order valence-corrected chi connectivity index (χ4v) is 2.19. The number of ether oxygens (including phenoxy) is 1. The first-order chi connectivity index (χ1) is 10.7. The molecule has 1 aromatic rings. The van der Waals surface area contributed by atoms with E-state index in [9.17, 15) is 4.79 Å². The van der Waals surface area contributed by atoms with Crippen LogP contribution in [0.15, 0.2) is 29.3 Å². The number of nitrogens with zero attached hydrogens (tertiary/aromatic N) is 1. The Bertz CT molecular complexity index is 527. The van der Waals surface area contributed by atoms with E-state index >= 15 is 0 Å². The van der Waals surface area contributed by atoms with Crippen LogP contribution in [0.4, 0.5) is 5.69 Å². The van der Waals surface area contributed by atoms with Gasteiger partial charge in [0, 0.05) is 30.8 Å². The van der Waals surface area contributed by atoms with Gasteiger partial charge in [-0.05, 0) is 31.4 Å². The van der Waals surface area contributed by atoms with Gasteiger partial charge in [-0.3, -0.25) is 9.79 Å². The summed E-state index contributed by atoms with van der Waals surface area (Å²) in [7, 11) is 1.62. The lowest BCUT2D eigenvalue weighted by Crippen LogP contribution is -2.35. The SMILES string of the molecule is COc1cccc(NC(N)=NCCCNC(=O)C2CCC2)c1. The molecule has 2 rings (SSSR count). The smallest absolute Gasteiger partial charge is 0.223 e. The molecule has 0 radical (unpaired) electrons. The Kier molecular flexibility index (Phi) is 6.06. The Hall–Kier alpha value is -2.24. The zero-order valence-corrected chi connectivity index (χ0v) is 13.0. The number of nitrogens with one attached hydrogen (secondary N) is 2. The van der Waals surface area contributed by atoms with Gasteiger partial charge in [-0.25, -0.2) is 0 Å². The second-order valence-electron chi connectivity index (χ2n) is 5.40. The molecule has 1 aliphatic rings. The van der Waals surface area contributed by atoms with Gasteiger partial charge in [0.15, 0.2) is 5.96 Å². The molecular weight excluding hydrogens is 280 g/mol. The van der Waals surface area contributed by atoms with E-state index in [1.54, 1.807) is 7.11 Å². The third kappa shape index (κ3) is 4.95. The second kappa shape index (κ2) is 8.26. The quantitative estimate of drug-likeness (QED) is 0.406. The third-order valence-electron chi connectivity index (χ3n) is 3.73. The van der Waals surface area contributed by atoms with Crippen molar-refractivity contribution in [2.75, 3.05) is 25.5 Å². The van der Waals surface area contributed by atoms with E-state index in [0.717, 1.165) is 30.7 Å². The van der Waals surface area contributed by atoms with Gasteiger partial charge >= 0.3 is 0 Å². The Morgan fingerprint density at radius 2 is 2.27 bits per heavy atom. The standard InChI is InChI=1S/C16H24N4O2/c1-22-14-8-3-7-13(11-14)20-16(17)19-10-4-9-18-15(21)12-5-2-6-12/h3,7-8,11-12H,2,4-6,9-10H2,1H3,(H,18,21)(H3,17,19,20). The van der Waals surface area contributed by atoms with Gasteiger partial charge in [-0.15, -0.1) is 0 Å². The number of benzene rings is 1. The number of guanidine groups is 1. The molecule has 120 valence electrons. The molecule has 0 heterocycles. The lowest BCUT2D eigenvalue weighted by molar-refractivity contribution is -0.127. The summed E-state index contributed by atoms with van der Waals surface area (Å²) in [6.45, 7) is 1.22. The molecule has 0 aliphatic heterocycles. The molecule has 1 aliphatic carbocycles. The van der Waals surface area contributed by atoms with Crippen molar-refractivity contribution in [2.45, 2.75) is 25.7 Å². The van der Waals surface area contributed by atoms with Crippen LogP contribution in [0.1, 0.15) is 25.7 Å². The first kappa shape index (κ1) is 16.1. The summed E-state index contributed by atoms with van der Waals surface area (Å²) in [5, 5.41) is 5.95. The summed E-state index contributed by atoms with van der Waals surface area (Å²) in [6, 6.07) is 7.48. The van der Waals surface area contributed by atoms with E-state index in [1.165, 1.54) is 6.42 Å². The van der Waals surface area contributed by atoms with Gasteiger partial charge in [0.05, 0.1) is 7.11 Å². The highest BCUT2D eigenvalue weighted by atomic mass is 16.5. The fourth-order valence-electron chi connectivity index (χ4n) is 2.19. The van der Waals surface area contributed by atoms with E-state index in [1.807, 2.05) is 24.3 Å². The molecule has 6 nitrogen and oxygen atoms in total. The summed E-state index contributed by atoms with van der Waals surface area (Å²) >= 11 is 0. The zero-order valence-electron chi connectivity index (χ0n) is 13.0. The number of methoxy groups -OCH3 is 1. The molecule has 0 aromatic heterocycles. The molecule has 4 N–H and O–H groups in total. The maximum atomic E-state index is 11.6. The lowest BCUT2D eigenvalue weighted by Gasteiger charge is -2.23. The lowest BCUT2D eigenvalue weighted by atomic mass is 9.85. The van der Waals surface area contributed by atoms with Crippen molar-refractivity contribution in [3.8, 4) is 5.75 Å². The molecule has 6 heteroatoms. The minimum Gasteiger partial charge on any atom is -0.497 e. The highest BCUT2D eigenvalue weighted by molar-refractivity contribution is 5.92. The van der Waals surface area contributed by atoms with Crippen LogP contribution in [0.5, 0.6) is 5.75 Å². The number of amides is 1. The van der Waals surface area contributed by atoms with E-state index in [-0.39, 0.29) is 11.8 Å². The summed E-state index contributed by atoms with van der Waals surface area (Å²) in [5.41, 5.74) is 6.66. The van der Waals surface area contributed by atoms with Crippen LogP contribution in [0.2, 0.25) is 0 Å². The topological polar surface area (TPSA) is 88.7 Å². The number of hydrogen-bond donors (Lipinski definition) is 3. The number of carbonyl (C=O) groups is 1. The molecule has 0 spiro atoms. The molecule has 1 aromatic carbocycles. The van der Waals surface area contributed by atoms with Crippen molar-refractivity contribution in [3.05, 3.63) is 24.3 Å². The first-order valence-electron chi connectivity index (χ1n) is 7.68. The number of nitrogens with two attached hydrogens (primary N) is 1. The number of aliphatic imine (C=N–C) groups is 1. The van der Waals surface area contributed by atoms with E-state index in [0.29, 0.717) is 19.0 Å². The van der Waals surface area contributed by atoms with Gasteiger partial charge in [-0.1, -0.05) is 12.5 Å². The van der Waals surface area contributed by atoms with Crippen LogP contribution in [-0.4, -0.2) is 32.1 Å². The number of anilines is 1. The van der Waals surface area contributed by atoms with Gasteiger partial charge in [-0.2, -0.15) is 0 Å². The summed E-state index contributed by atoms with van der Waals surface area (Å²) < 4.78 is 5.14. The molecule has 1 amide bonds. The van der Waals surface area contributed by atoms with E-state index in [2.05, 4.69) is 15.6 Å². The predicted molar refractivity (Wildman–Crippen MR) is 88.1 cm³/mol. The maximum absolute atomic E-state index is 11.6. The van der Waals surface area contributed by atoms with E-state index in [4.69, 9.17) is 10.5 Å². The molecule has 0 atom stereocenters. The van der Waals surface area contributed by atoms with Gasteiger partial charge in [0.1, 0.15) is 5.75 Å². The van der Waals surface area contributed by atoms with E-state index < -0.39 is 0 Å². The maximum Gasteiger partial charge on any atom is 0.223 e. The van der Waals surface area contributed by atoms with Crippen molar-refractivity contribution < 1.29 is 9.53 Å². The summed E-state index contributed by atoms with van der Waals surface area (Å²) in [4.78, 5) is 15.9. The molecule has 1 fully saturated rings. The second-order valence-corrected chi connectivity index (χ2v) is 5.40. The highest BCUT2D eigenvalue weighted by Gasteiger charge is 2.24. The Labute approximate surface area is 131 Å². The van der Waals surface area contributed by atoms with Crippen molar-refractivity contribution in [1.29, 1.82) is 0 Å². The van der Waals surface area contributed by atoms with Gasteiger partial charge < -0.3 is 21.1 Å². The van der Waals surface area contributed by atoms with Crippen LogP contribution in [0, 0.1) is 5.92 Å². The third-order valence-corrected chi connectivity index (χ3v) is 3.73. The fraction of sp³-hybridized carbons (Fsp3) is 0.500. The molecule has 22 heavy (non-hydrogen) atoms. The van der Waals surface area contributed by atoms with Crippen molar-refractivity contribution in [1.82, 2.24) is 5.32 Å². The average molecular weight is 304 g/mol. The minimum absolute atomic E-state index is 0.178. The molecule has 0 saturated heterocycles. The van der Waals surface area contributed by atoms with Crippen molar-refractivity contribution in [3.63, 3.8) is 0 Å². The Morgan fingerprint density at radius 1 is 1.45 bits per heavy atom. The molecule has 0 bridgehead atoms. The van der Waals surface area contributed by atoms with Gasteiger partial charge in [0.2, 0.25) is 5.91 Å². The Morgan fingerprint density at radius 3 is 2.95 bits per heavy atom. The van der Waals surface area contributed by atoms with Crippen LogP contribution < -0.4 is 21.1 Å². The number of carbonyl (C=O) groups excluding carboxylic acids is 1.